The van der Waals surface area contributed by atoms with E-state index in [1.54, 1.807) is 0 Å². The van der Waals surface area contributed by atoms with Crippen molar-refractivity contribution in [1.82, 2.24) is 4.90 Å². The molecule has 3 atom stereocenters. The summed E-state index contributed by atoms with van der Waals surface area (Å²) in [5.41, 5.74) is 11.7. The average molecular weight is 288 g/mol. The molecule has 1 saturated carbocycles. The summed E-state index contributed by atoms with van der Waals surface area (Å²) in [6.07, 6.45) is 4.18. The second-order valence-corrected chi connectivity index (χ2v) is 6.71. The van der Waals surface area contributed by atoms with Crippen LogP contribution in [0.2, 0.25) is 0 Å². The standard InChI is InChI=1S/C18H28N2O/c1-12-9-13(2)18(14(3)10-12)16(11-19)20-7-8-21-17-6-4-5-15(17)20/h9-10,15-17H,4-8,11,19H2,1-3H3. The number of aryl methyl sites for hydroxylation is 3. The van der Waals surface area contributed by atoms with Gasteiger partial charge in [-0.3, -0.25) is 4.90 Å². The van der Waals surface area contributed by atoms with Gasteiger partial charge in [0, 0.05) is 25.2 Å². The molecule has 0 radical (unpaired) electrons. The van der Waals surface area contributed by atoms with Crippen LogP contribution in [0.5, 0.6) is 0 Å². The molecule has 1 saturated heterocycles. The Morgan fingerprint density at radius 2 is 1.95 bits per heavy atom. The Hall–Kier alpha value is -0.900. The van der Waals surface area contributed by atoms with E-state index in [1.807, 2.05) is 0 Å². The lowest BCUT2D eigenvalue weighted by Crippen LogP contribution is -2.51. The molecular formula is C18H28N2O. The van der Waals surface area contributed by atoms with Crippen molar-refractivity contribution in [3.8, 4) is 0 Å². The van der Waals surface area contributed by atoms with Crippen LogP contribution in [0.4, 0.5) is 0 Å². The highest BCUT2D eigenvalue weighted by Gasteiger charge is 2.39. The molecule has 1 aliphatic heterocycles. The van der Waals surface area contributed by atoms with Gasteiger partial charge in [0.25, 0.3) is 0 Å². The van der Waals surface area contributed by atoms with Crippen LogP contribution in [0.25, 0.3) is 0 Å². The zero-order valence-electron chi connectivity index (χ0n) is 13.6. The fraction of sp³-hybridized carbons (Fsp3) is 0.667. The minimum Gasteiger partial charge on any atom is -0.375 e. The van der Waals surface area contributed by atoms with Crippen molar-refractivity contribution in [2.45, 2.75) is 58.2 Å². The number of benzene rings is 1. The minimum atomic E-state index is 0.333. The van der Waals surface area contributed by atoms with Crippen molar-refractivity contribution in [1.29, 1.82) is 0 Å². The molecule has 1 aliphatic carbocycles. The van der Waals surface area contributed by atoms with Crippen LogP contribution in [0, 0.1) is 20.8 Å². The van der Waals surface area contributed by atoms with Gasteiger partial charge >= 0.3 is 0 Å². The molecule has 0 bridgehead atoms. The van der Waals surface area contributed by atoms with E-state index in [9.17, 15) is 0 Å². The second-order valence-electron chi connectivity index (χ2n) is 6.71. The summed E-state index contributed by atoms with van der Waals surface area (Å²) < 4.78 is 5.96. The molecule has 1 heterocycles. The Kier molecular flexibility index (Phi) is 4.34. The van der Waals surface area contributed by atoms with E-state index in [1.165, 1.54) is 41.5 Å². The molecule has 0 spiro atoms. The molecular weight excluding hydrogens is 260 g/mol. The molecule has 116 valence electrons. The maximum absolute atomic E-state index is 6.21. The summed E-state index contributed by atoms with van der Waals surface area (Å²) in [5, 5.41) is 0. The quantitative estimate of drug-likeness (QED) is 0.929. The predicted octanol–water partition coefficient (Wildman–Crippen LogP) is 2.86. The number of nitrogens with two attached hydrogens (primary N) is 1. The number of morpholine rings is 1. The number of fused-ring (bicyclic) bond motifs is 1. The monoisotopic (exact) mass is 288 g/mol. The zero-order valence-corrected chi connectivity index (χ0v) is 13.6. The van der Waals surface area contributed by atoms with Crippen LogP contribution < -0.4 is 5.73 Å². The van der Waals surface area contributed by atoms with Gasteiger partial charge in [-0.2, -0.15) is 0 Å². The van der Waals surface area contributed by atoms with E-state index < -0.39 is 0 Å². The van der Waals surface area contributed by atoms with Crippen LogP contribution in [0.15, 0.2) is 12.1 Å². The van der Waals surface area contributed by atoms with Gasteiger partial charge in [-0.25, -0.2) is 0 Å². The Morgan fingerprint density at radius 3 is 2.62 bits per heavy atom. The van der Waals surface area contributed by atoms with Gasteiger partial charge in [0.2, 0.25) is 0 Å². The third-order valence-electron chi connectivity index (χ3n) is 5.22. The van der Waals surface area contributed by atoms with E-state index >= 15 is 0 Å². The Balaban J connectivity index is 1.94. The highest BCUT2D eigenvalue weighted by molar-refractivity contribution is 5.40. The van der Waals surface area contributed by atoms with Gasteiger partial charge in [-0.1, -0.05) is 17.7 Å². The third-order valence-corrected chi connectivity index (χ3v) is 5.22. The molecule has 2 N–H and O–H groups in total. The minimum absolute atomic E-state index is 0.333. The summed E-state index contributed by atoms with van der Waals surface area (Å²) in [7, 11) is 0. The van der Waals surface area contributed by atoms with E-state index in [0.29, 0.717) is 24.7 Å². The molecule has 21 heavy (non-hydrogen) atoms. The molecule has 3 rings (SSSR count). The maximum atomic E-state index is 6.21. The van der Waals surface area contributed by atoms with Gasteiger partial charge < -0.3 is 10.5 Å². The topological polar surface area (TPSA) is 38.5 Å². The van der Waals surface area contributed by atoms with E-state index in [4.69, 9.17) is 10.5 Å². The number of hydrogen-bond acceptors (Lipinski definition) is 3. The Bertz CT molecular complexity index is 491. The van der Waals surface area contributed by atoms with E-state index in [-0.39, 0.29) is 0 Å². The van der Waals surface area contributed by atoms with Crippen LogP contribution in [0.1, 0.15) is 47.6 Å². The first kappa shape index (κ1) is 15.0. The Morgan fingerprint density at radius 1 is 1.24 bits per heavy atom. The summed E-state index contributed by atoms with van der Waals surface area (Å²) >= 11 is 0. The summed E-state index contributed by atoms with van der Waals surface area (Å²) in [6, 6.07) is 5.47. The van der Waals surface area contributed by atoms with Crippen LogP contribution in [-0.4, -0.2) is 36.7 Å². The zero-order chi connectivity index (χ0) is 15.0. The van der Waals surface area contributed by atoms with Crippen molar-refractivity contribution in [3.63, 3.8) is 0 Å². The fourth-order valence-electron chi connectivity index (χ4n) is 4.48. The predicted molar refractivity (Wildman–Crippen MR) is 86.5 cm³/mol. The molecule has 3 nitrogen and oxygen atoms in total. The lowest BCUT2D eigenvalue weighted by atomic mass is 9.91. The third kappa shape index (κ3) is 2.75. The summed E-state index contributed by atoms with van der Waals surface area (Å²) in [5.74, 6) is 0. The van der Waals surface area contributed by atoms with Crippen molar-refractivity contribution >= 4 is 0 Å². The van der Waals surface area contributed by atoms with Crippen molar-refractivity contribution < 1.29 is 4.74 Å². The van der Waals surface area contributed by atoms with Gasteiger partial charge in [0.15, 0.2) is 0 Å². The smallest absolute Gasteiger partial charge is 0.0731 e. The molecule has 2 fully saturated rings. The van der Waals surface area contributed by atoms with Crippen molar-refractivity contribution in [2.24, 2.45) is 5.73 Å². The lowest BCUT2D eigenvalue weighted by Gasteiger charge is -2.43. The number of hydrogen-bond donors (Lipinski definition) is 1. The summed E-state index contributed by atoms with van der Waals surface area (Å²) in [4.78, 5) is 2.63. The van der Waals surface area contributed by atoms with Gasteiger partial charge in [-0.05, 0) is 56.7 Å². The van der Waals surface area contributed by atoms with Crippen LogP contribution in [-0.2, 0) is 4.74 Å². The Labute approximate surface area is 128 Å². The molecule has 0 aromatic heterocycles. The van der Waals surface area contributed by atoms with E-state index in [0.717, 1.165) is 13.2 Å². The normalized spacial score (nSPS) is 27.6. The first-order valence-electron chi connectivity index (χ1n) is 8.27. The second kappa shape index (κ2) is 6.07. The fourth-order valence-corrected chi connectivity index (χ4v) is 4.48. The molecule has 3 unspecified atom stereocenters. The lowest BCUT2D eigenvalue weighted by molar-refractivity contribution is -0.0713. The maximum Gasteiger partial charge on any atom is 0.0731 e. The first-order chi connectivity index (χ1) is 10.1. The van der Waals surface area contributed by atoms with Crippen molar-refractivity contribution in [2.75, 3.05) is 19.7 Å². The summed E-state index contributed by atoms with van der Waals surface area (Å²) in [6.45, 7) is 9.17. The van der Waals surface area contributed by atoms with Crippen LogP contribution in [0.3, 0.4) is 0 Å². The van der Waals surface area contributed by atoms with Gasteiger partial charge in [-0.15, -0.1) is 0 Å². The molecule has 1 aromatic rings. The first-order valence-corrected chi connectivity index (χ1v) is 8.27. The highest BCUT2D eigenvalue weighted by atomic mass is 16.5. The van der Waals surface area contributed by atoms with Gasteiger partial charge in [0.05, 0.1) is 12.7 Å². The highest BCUT2D eigenvalue weighted by Crippen LogP contribution is 2.36. The largest absolute Gasteiger partial charge is 0.375 e. The van der Waals surface area contributed by atoms with Crippen molar-refractivity contribution in [3.05, 3.63) is 34.4 Å². The number of ether oxygens (including phenoxy) is 1. The van der Waals surface area contributed by atoms with Crippen LogP contribution >= 0.6 is 0 Å². The number of nitrogens with zero attached hydrogens (tertiary/aromatic N) is 1. The SMILES string of the molecule is Cc1cc(C)c(C(CN)N2CCOC3CCCC32)c(C)c1. The van der Waals surface area contributed by atoms with Gasteiger partial charge in [0.1, 0.15) is 0 Å². The molecule has 0 amide bonds. The number of rotatable bonds is 3. The van der Waals surface area contributed by atoms with E-state index in [2.05, 4.69) is 37.8 Å². The average Bonchev–Trinajstić information content (AvgIpc) is 2.91. The molecule has 2 aliphatic rings. The molecule has 3 heteroatoms. The molecule has 1 aromatic carbocycles.